The van der Waals surface area contributed by atoms with Gasteiger partial charge in [0.25, 0.3) is 0 Å². The number of pyridine rings is 2. The van der Waals surface area contributed by atoms with E-state index < -0.39 is 0 Å². The van der Waals surface area contributed by atoms with E-state index in [1.165, 1.54) is 0 Å². The molecule has 0 amide bonds. The fraction of sp³-hybridized carbons (Fsp3) is 0.300. The number of nitrogens with zero attached hydrogens (tertiary/aromatic N) is 2. The first-order valence-electron chi connectivity index (χ1n) is 8.32. The number of ether oxygens (including phenoxy) is 2. The van der Waals surface area contributed by atoms with Gasteiger partial charge >= 0.3 is 0 Å². The molecule has 130 valence electrons. The second kappa shape index (κ2) is 7.83. The van der Waals surface area contributed by atoms with E-state index in [4.69, 9.17) is 9.47 Å². The van der Waals surface area contributed by atoms with Crippen LogP contribution < -0.4 is 9.47 Å². The van der Waals surface area contributed by atoms with E-state index in [-0.39, 0.29) is 0 Å². The molecule has 2 heterocycles. The number of hydrogen-bond acceptors (Lipinski definition) is 4. The molecule has 0 atom stereocenters. The topological polar surface area (TPSA) is 44.2 Å². The Morgan fingerprint density at radius 3 is 2.68 bits per heavy atom. The summed E-state index contributed by atoms with van der Waals surface area (Å²) in [6.45, 7) is 4.74. The molecule has 0 aliphatic rings. The van der Waals surface area contributed by atoms with Crippen LogP contribution in [0.25, 0.3) is 10.9 Å². The number of aryl methyl sites for hydroxylation is 1. The van der Waals surface area contributed by atoms with Crippen molar-refractivity contribution in [3.05, 3.63) is 57.7 Å². The van der Waals surface area contributed by atoms with Gasteiger partial charge in [0.15, 0.2) is 0 Å². The van der Waals surface area contributed by atoms with Crippen molar-refractivity contribution in [1.82, 2.24) is 9.97 Å². The molecule has 0 radical (unpaired) electrons. The van der Waals surface area contributed by atoms with Gasteiger partial charge in [-0.25, -0.2) is 9.97 Å². The van der Waals surface area contributed by atoms with Crippen molar-refractivity contribution >= 4 is 26.8 Å². The Kier molecular flexibility index (Phi) is 5.53. The Bertz CT molecular complexity index is 896. The van der Waals surface area contributed by atoms with Gasteiger partial charge in [0, 0.05) is 33.6 Å². The van der Waals surface area contributed by atoms with Crippen LogP contribution in [0, 0.1) is 6.92 Å². The first-order chi connectivity index (χ1) is 12.1. The summed E-state index contributed by atoms with van der Waals surface area (Å²) >= 11 is 3.52. The van der Waals surface area contributed by atoms with Crippen LogP contribution in [0.15, 0.2) is 40.9 Å². The highest BCUT2D eigenvalue weighted by molar-refractivity contribution is 9.10. The van der Waals surface area contributed by atoms with Crippen LogP contribution in [0.1, 0.15) is 30.2 Å². The van der Waals surface area contributed by atoms with Crippen LogP contribution in [0.4, 0.5) is 0 Å². The van der Waals surface area contributed by atoms with Gasteiger partial charge in [-0.05, 0) is 49.2 Å². The summed E-state index contributed by atoms with van der Waals surface area (Å²) in [6.07, 6.45) is 1.67. The zero-order valence-electron chi connectivity index (χ0n) is 14.7. The summed E-state index contributed by atoms with van der Waals surface area (Å²) in [6, 6.07) is 12.2. The molecule has 3 rings (SSSR count). The molecule has 0 spiro atoms. The second-order valence-electron chi connectivity index (χ2n) is 5.97. The average molecular weight is 401 g/mol. The number of hydrogen-bond donors (Lipinski definition) is 0. The fourth-order valence-electron chi connectivity index (χ4n) is 2.79. The van der Waals surface area contributed by atoms with Crippen LogP contribution in [0.2, 0.25) is 0 Å². The van der Waals surface area contributed by atoms with Gasteiger partial charge in [-0.1, -0.05) is 22.9 Å². The van der Waals surface area contributed by atoms with E-state index in [0.717, 1.165) is 38.6 Å². The van der Waals surface area contributed by atoms with E-state index in [2.05, 4.69) is 51.0 Å². The molecule has 1 aromatic carbocycles. The SMILES string of the molecule is CCCOc1cc(Cc2cc3cc(Br)ccc3nc2OC)cc(C)n1. The highest BCUT2D eigenvalue weighted by Gasteiger charge is 2.10. The molecule has 0 saturated heterocycles. The molecule has 0 fully saturated rings. The Balaban J connectivity index is 1.97. The normalized spacial score (nSPS) is 10.9. The largest absolute Gasteiger partial charge is 0.481 e. The molecule has 4 nitrogen and oxygen atoms in total. The summed E-state index contributed by atoms with van der Waals surface area (Å²) in [5, 5.41) is 1.08. The summed E-state index contributed by atoms with van der Waals surface area (Å²) < 4.78 is 12.2. The number of methoxy groups -OCH3 is 1. The van der Waals surface area contributed by atoms with E-state index in [0.29, 0.717) is 24.8 Å². The summed E-state index contributed by atoms with van der Waals surface area (Å²) in [4.78, 5) is 9.08. The molecule has 0 unspecified atom stereocenters. The van der Waals surface area contributed by atoms with E-state index >= 15 is 0 Å². The third-order valence-corrected chi connectivity index (χ3v) is 4.34. The van der Waals surface area contributed by atoms with Crippen LogP contribution in [0.3, 0.4) is 0 Å². The highest BCUT2D eigenvalue weighted by Crippen LogP contribution is 2.27. The molecule has 0 aliphatic heterocycles. The number of aromatic nitrogens is 2. The van der Waals surface area contributed by atoms with E-state index in [1.807, 2.05) is 25.1 Å². The molecule has 0 N–H and O–H groups in total. The zero-order chi connectivity index (χ0) is 17.8. The Morgan fingerprint density at radius 1 is 1.08 bits per heavy atom. The van der Waals surface area contributed by atoms with Crippen molar-refractivity contribution < 1.29 is 9.47 Å². The maximum absolute atomic E-state index is 5.69. The number of rotatable bonds is 6. The zero-order valence-corrected chi connectivity index (χ0v) is 16.3. The number of benzene rings is 1. The quantitative estimate of drug-likeness (QED) is 0.577. The minimum atomic E-state index is 0.653. The molecule has 25 heavy (non-hydrogen) atoms. The van der Waals surface area contributed by atoms with Crippen molar-refractivity contribution in [1.29, 1.82) is 0 Å². The van der Waals surface area contributed by atoms with Gasteiger partial charge < -0.3 is 9.47 Å². The number of halogens is 1. The maximum atomic E-state index is 5.69. The molecule has 0 bridgehead atoms. The maximum Gasteiger partial charge on any atom is 0.217 e. The van der Waals surface area contributed by atoms with Crippen LogP contribution in [0.5, 0.6) is 11.8 Å². The first-order valence-corrected chi connectivity index (χ1v) is 9.12. The summed E-state index contributed by atoms with van der Waals surface area (Å²) in [5.41, 5.74) is 4.04. The first kappa shape index (κ1) is 17.7. The molecule has 0 saturated carbocycles. The third-order valence-electron chi connectivity index (χ3n) is 3.85. The lowest BCUT2D eigenvalue weighted by Crippen LogP contribution is -2.01. The predicted molar refractivity (Wildman–Crippen MR) is 104 cm³/mol. The molecular formula is C20H21BrN2O2. The van der Waals surface area contributed by atoms with Gasteiger partial charge in [-0.3, -0.25) is 0 Å². The van der Waals surface area contributed by atoms with Crippen LogP contribution in [-0.2, 0) is 6.42 Å². The second-order valence-corrected chi connectivity index (χ2v) is 6.89. The Morgan fingerprint density at radius 2 is 1.92 bits per heavy atom. The monoisotopic (exact) mass is 400 g/mol. The Labute approximate surface area is 156 Å². The highest BCUT2D eigenvalue weighted by atomic mass is 79.9. The Hall–Kier alpha value is -2.14. The molecule has 0 aliphatic carbocycles. The number of fused-ring (bicyclic) bond motifs is 1. The van der Waals surface area contributed by atoms with Crippen LogP contribution in [-0.4, -0.2) is 23.7 Å². The van der Waals surface area contributed by atoms with E-state index in [1.54, 1.807) is 7.11 Å². The molecular weight excluding hydrogens is 380 g/mol. The molecule has 2 aromatic heterocycles. The lowest BCUT2D eigenvalue weighted by atomic mass is 10.0. The average Bonchev–Trinajstić information content (AvgIpc) is 2.59. The predicted octanol–water partition coefficient (Wildman–Crippen LogP) is 5.09. The van der Waals surface area contributed by atoms with E-state index in [9.17, 15) is 0 Å². The van der Waals surface area contributed by atoms with Gasteiger partial charge in [-0.15, -0.1) is 0 Å². The lowest BCUT2D eigenvalue weighted by Gasteiger charge is -2.11. The third kappa shape index (κ3) is 4.28. The van der Waals surface area contributed by atoms with Crippen molar-refractivity contribution in [2.24, 2.45) is 0 Å². The van der Waals surface area contributed by atoms with Gasteiger partial charge in [-0.2, -0.15) is 0 Å². The molecule has 5 heteroatoms. The van der Waals surface area contributed by atoms with Crippen molar-refractivity contribution in [3.63, 3.8) is 0 Å². The van der Waals surface area contributed by atoms with Crippen molar-refractivity contribution in [2.45, 2.75) is 26.7 Å². The minimum Gasteiger partial charge on any atom is -0.481 e. The summed E-state index contributed by atoms with van der Waals surface area (Å²) in [5.74, 6) is 1.33. The van der Waals surface area contributed by atoms with Gasteiger partial charge in [0.1, 0.15) is 0 Å². The smallest absolute Gasteiger partial charge is 0.217 e. The van der Waals surface area contributed by atoms with Gasteiger partial charge in [0.2, 0.25) is 11.8 Å². The minimum absolute atomic E-state index is 0.653. The van der Waals surface area contributed by atoms with Crippen molar-refractivity contribution in [2.75, 3.05) is 13.7 Å². The van der Waals surface area contributed by atoms with Crippen molar-refractivity contribution in [3.8, 4) is 11.8 Å². The van der Waals surface area contributed by atoms with Gasteiger partial charge in [0.05, 0.1) is 19.2 Å². The fourth-order valence-corrected chi connectivity index (χ4v) is 3.17. The van der Waals surface area contributed by atoms with Crippen LogP contribution >= 0.6 is 15.9 Å². The molecule has 3 aromatic rings. The standard InChI is InChI=1S/C20H21BrN2O2/c1-4-7-25-19-10-14(8-13(2)22-19)9-16-11-15-12-17(21)5-6-18(15)23-20(16)24-3/h5-6,8,10-12H,4,7,9H2,1-3H3. The summed E-state index contributed by atoms with van der Waals surface area (Å²) in [7, 11) is 1.66. The lowest BCUT2D eigenvalue weighted by molar-refractivity contribution is 0.304.